The van der Waals surface area contributed by atoms with E-state index in [1.54, 1.807) is 17.2 Å². The van der Waals surface area contributed by atoms with Gasteiger partial charge < -0.3 is 9.64 Å². The van der Waals surface area contributed by atoms with Crippen LogP contribution in [0, 0.1) is 0 Å². The number of piperidine rings is 2. The zero-order valence-corrected chi connectivity index (χ0v) is 21.9. The van der Waals surface area contributed by atoms with Crippen LogP contribution < -0.4 is 10.1 Å². The number of hydrogen-bond donors (Lipinski definition) is 1. The summed E-state index contributed by atoms with van der Waals surface area (Å²) in [5.41, 5.74) is 3.98. The molecule has 202 valence electrons. The average molecular weight is 528 g/mol. The molecule has 1 aromatic heterocycles. The van der Waals surface area contributed by atoms with Crippen molar-refractivity contribution in [1.82, 2.24) is 24.9 Å². The number of nitrogens with zero attached hydrogens (tertiary/aromatic N) is 4. The molecule has 0 spiro atoms. The standard InChI is InChI=1S/C30H33N5O4/c36-28-11-10-27(29(37)32-28)35-19-23-16-25(8-9-26(23)30(35)38)39-20-24-7-1-2-13-33(24)17-21-5-3-6-22(15-21)18-34-14-4-12-31-34/h3-6,8-9,12,14-16,24,27H,1-2,7,10-11,13,17-20H2,(H,32,36,37)/t24-,27?/m0/s1. The summed E-state index contributed by atoms with van der Waals surface area (Å²) >= 11 is 0. The van der Waals surface area contributed by atoms with Crippen LogP contribution in [0.3, 0.4) is 0 Å². The van der Waals surface area contributed by atoms with E-state index in [1.165, 1.54) is 24.0 Å². The van der Waals surface area contributed by atoms with E-state index in [2.05, 4.69) is 39.6 Å². The molecule has 3 aliphatic rings. The second kappa shape index (κ2) is 11.0. The number of rotatable bonds is 8. The van der Waals surface area contributed by atoms with Crippen molar-refractivity contribution in [2.24, 2.45) is 0 Å². The highest BCUT2D eigenvalue weighted by molar-refractivity contribution is 6.05. The van der Waals surface area contributed by atoms with Crippen LogP contribution in [0.4, 0.5) is 0 Å². The Hall–Kier alpha value is -3.98. The summed E-state index contributed by atoms with van der Waals surface area (Å²) in [5, 5.41) is 6.67. The summed E-state index contributed by atoms with van der Waals surface area (Å²) in [6.45, 7) is 3.60. The average Bonchev–Trinajstić information content (AvgIpc) is 3.56. The summed E-state index contributed by atoms with van der Waals surface area (Å²) in [6, 6.07) is 15.9. The lowest BCUT2D eigenvalue weighted by Crippen LogP contribution is -2.52. The first kappa shape index (κ1) is 25.3. The number of aromatic nitrogens is 2. The van der Waals surface area contributed by atoms with E-state index in [0.717, 1.165) is 37.4 Å². The van der Waals surface area contributed by atoms with Crippen LogP contribution in [0.1, 0.15) is 59.2 Å². The van der Waals surface area contributed by atoms with Crippen molar-refractivity contribution in [1.29, 1.82) is 0 Å². The van der Waals surface area contributed by atoms with E-state index in [0.29, 0.717) is 31.2 Å². The van der Waals surface area contributed by atoms with Crippen LogP contribution in [-0.2, 0) is 29.2 Å². The fourth-order valence-electron chi connectivity index (χ4n) is 5.93. The van der Waals surface area contributed by atoms with Gasteiger partial charge in [0.15, 0.2) is 0 Å². The van der Waals surface area contributed by atoms with Crippen molar-refractivity contribution < 1.29 is 19.1 Å². The molecule has 3 amide bonds. The third-order valence-corrected chi connectivity index (χ3v) is 7.97. The third-order valence-electron chi connectivity index (χ3n) is 7.97. The molecule has 2 fully saturated rings. The molecular formula is C30H33N5O4. The number of carbonyl (C=O) groups excluding carboxylic acids is 3. The smallest absolute Gasteiger partial charge is 0.255 e. The first-order chi connectivity index (χ1) is 19.0. The summed E-state index contributed by atoms with van der Waals surface area (Å²) in [4.78, 5) is 40.9. The minimum atomic E-state index is -0.610. The molecule has 9 nitrogen and oxygen atoms in total. The molecule has 3 aliphatic heterocycles. The van der Waals surface area contributed by atoms with E-state index in [1.807, 2.05) is 29.1 Å². The van der Waals surface area contributed by atoms with Crippen molar-refractivity contribution in [3.8, 4) is 5.75 Å². The zero-order chi connectivity index (χ0) is 26.8. The van der Waals surface area contributed by atoms with Crippen LogP contribution in [0.2, 0.25) is 0 Å². The van der Waals surface area contributed by atoms with Gasteiger partial charge in [-0.05, 0) is 66.8 Å². The number of fused-ring (bicyclic) bond motifs is 1. The molecular weight excluding hydrogens is 494 g/mol. The van der Waals surface area contributed by atoms with Gasteiger partial charge >= 0.3 is 0 Å². The molecule has 4 heterocycles. The number of imide groups is 1. The third kappa shape index (κ3) is 5.59. The lowest BCUT2D eigenvalue weighted by molar-refractivity contribution is -0.136. The fraction of sp³-hybridized carbons (Fsp3) is 0.400. The summed E-state index contributed by atoms with van der Waals surface area (Å²) in [6.07, 6.45) is 7.83. The second-order valence-corrected chi connectivity index (χ2v) is 10.7. The molecule has 2 saturated heterocycles. The minimum Gasteiger partial charge on any atom is -0.492 e. The Labute approximate surface area is 227 Å². The van der Waals surface area contributed by atoms with Gasteiger partial charge in [-0.3, -0.25) is 29.3 Å². The second-order valence-electron chi connectivity index (χ2n) is 10.7. The highest BCUT2D eigenvalue weighted by atomic mass is 16.5. The predicted octanol–water partition coefficient (Wildman–Crippen LogP) is 3.13. The Morgan fingerprint density at radius 1 is 0.974 bits per heavy atom. The van der Waals surface area contributed by atoms with Crippen LogP contribution in [0.5, 0.6) is 5.75 Å². The largest absolute Gasteiger partial charge is 0.492 e. The van der Waals surface area contributed by atoms with Crippen molar-refractivity contribution in [3.05, 3.63) is 83.2 Å². The maximum Gasteiger partial charge on any atom is 0.255 e. The van der Waals surface area contributed by atoms with Gasteiger partial charge in [-0.25, -0.2) is 0 Å². The van der Waals surface area contributed by atoms with E-state index >= 15 is 0 Å². The first-order valence-corrected chi connectivity index (χ1v) is 13.7. The van der Waals surface area contributed by atoms with Crippen LogP contribution in [0.15, 0.2) is 60.9 Å². The SMILES string of the molecule is O=C1CCC(N2Cc3cc(OC[C@@H]4CCCCN4Cc4cccc(Cn5cccn5)c4)ccc3C2=O)C(=O)N1. The number of nitrogens with one attached hydrogen (secondary N) is 1. The van der Waals surface area contributed by atoms with Crippen LogP contribution in [-0.4, -0.2) is 62.5 Å². The zero-order valence-electron chi connectivity index (χ0n) is 21.9. The Morgan fingerprint density at radius 3 is 2.67 bits per heavy atom. The number of hydrogen-bond acceptors (Lipinski definition) is 6. The molecule has 6 rings (SSSR count). The first-order valence-electron chi connectivity index (χ1n) is 13.7. The van der Waals surface area contributed by atoms with Crippen LogP contribution >= 0.6 is 0 Å². The number of likely N-dealkylation sites (tertiary alicyclic amines) is 1. The van der Waals surface area contributed by atoms with Crippen molar-refractivity contribution >= 4 is 17.7 Å². The van der Waals surface area contributed by atoms with Gasteiger partial charge in [-0.15, -0.1) is 0 Å². The molecule has 0 bridgehead atoms. The van der Waals surface area contributed by atoms with Crippen molar-refractivity contribution in [3.63, 3.8) is 0 Å². The Balaban J connectivity index is 1.08. The molecule has 1 unspecified atom stereocenters. The Kier molecular flexibility index (Phi) is 7.15. The maximum absolute atomic E-state index is 13.0. The maximum atomic E-state index is 13.0. The van der Waals surface area contributed by atoms with E-state index < -0.39 is 11.9 Å². The lowest BCUT2D eigenvalue weighted by atomic mass is 10.0. The molecule has 3 aromatic rings. The molecule has 2 atom stereocenters. The summed E-state index contributed by atoms with van der Waals surface area (Å²) in [5.74, 6) is -0.110. The highest BCUT2D eigenvalue weighted by Gasteiger charge is 2.39. The van der Waals surface area contributed by atoms with Gasteiger partial charge in [0.2, 0.25) is 11.8 Å². The summed E-state index contributed by atoms with van der Waals surface area (Å²) in [7, 11) is 0. The number of ether oxygens (including phenoxy) is 1. The molecule has 1 N–H and O–H groups in total. The molecule has 0 aliphatic carbocycles. The number of carbonyl (C=O) groups is 3. The van der Waals surface area contributed by atoms with Crippen molar-refractivity contribution in [2.75, 3.05) is 13.2 Å². The monoisotopic (exact) mass is 527 g/mol. The van der Waals surface area contributed by atoms with E-state index in [9.17, 15) is 14.4 Å². The lowest BCUT2D eigenvalue weighted by Gasteiger charge is -2.35. The summed E-state index contributed by atoms with van der Waals surface area (Å²) < 4.78 is 8.21. The Bertz CT molecular complexity index is 1370. The molecule has 2 aromatic carbocycles. The van der Waals surface area contributed by atoms with Gasteiger partial charge in [-0.2, -0.15) is 5.10 Å². The normalized spacial score (nSPS) is 21.6. The minimum absolute atomic E-state index is 0.167. The predicted molar refractivity (Wildman–Crippen MR) is 144 cm³/mol. The highest BCUT2D eigenvalue weighted by Crippen LogP contribution is 2.30. The van der Waals surface area contributed by atoms with Crippen LogP contribution in [0.25, 0.3) is 0 Å². The van der Waals surface area contributed by atoms with Crippen molar-refractivity contribution in [2.45, 2.75) is 63.8 Å². The van der Waals surface area contributed by atoms with E-state index in [4.69, 9.17) is 4.74 Å². The number of benzene rings is 2. The molecule has 0 saturated carbocycles. The van der Waals surface area contributed by atoms with Gasteiger partial charge in [0.05, 0.1) is 6.54 Å². The molecule has 39 heavy (non-hydrogen) atoms. The topological polar surface area (TPSA) is 96.8 Å². The quantitative estimate of drug-likeness (QED) is 0.452. The fourth-order valence-corrected chi connectivity index (χ4v) is 5.93. The number of amides is 3. The van der Waals surface area contributed by atoms with Gasteiger partial charge in [0.1, 0.15) is 18.4 Å². The molecule has 9 heteroatoms. The molecule has 0 radical (unpaired) electrons. The van der Waals surface area contributed by atoms with Gasteiger partial charge in [0, 0.05) is 43.5 Å². The van der Waals surface area contributed by atoms with E-state index in [-0.39, 0.29) is 18.2 Å². The van der Waals surface area contributed by atoms with Gasteiger partial charge in [0.25, 0.3) is 5.91 Å². The Morgan fingerprint density at radius 2 is 1.85 bits per heavy atom. The van der Waals surface area contributed by atoms with Gasteiger partial charge in [-0.1, -0.05) is 30.7 Å².